The molecule has 0 aliphatic heterocycles. The van der Waals surface area contributed by atoms with Crippen molar-refractivity contribution in [3.05, 3.63) is 29.3 Å². The van der Waals surface area contributed by atoms with Crippen LogP contribution in [0.4, 0.5) is 0 Å². The summed E-state index contributed by atoms with van der Waals surface area (Å²) in [7, 11) is 1.50. The average molecular weight is 252 g/mol. The number of methoxy groups -OCH3 is 1. The predicted molar refractivity (Wildman–Crippen MR) is 65.1 cm³/mol. The molecule has 0 aromatic heterocycles. The Morgan fingerprint density at radius 2 is 2.00 bits per heavy atom. The van der Waals surface area contributed by atoms with Crippen molar-refractivity contribution in [1.82, 2.24) is 0 Å². The molecular weight excluding hydrogens is 236 g/mol. The highest BCUT2D eigenvalue weighted by Crippen LogP contribution is 2.23. The Morgan fingerprint density at radius 1 is 1.33 bits per heavy atom. The van der Waals surface area contributed by atoms with E-state index in [4.69, 9.17) is 14.9 Å². The molecule has 1 atom stereocenters. The minimum Gasteiger partial charge on any atom is -0.496 e. The highest BCUT2D eigenvalue weighted by Gasteiger charge is 2.14. The van der Waals surface area contributed by atoms with Crippen LogP contribution in [-0.2, 0) is 11.2 Å². The van der Waals surface area contributed by atoms with Crippen molar-refractivity contribution in [3.63, 3.8) is 0 Å². The first-order chi connectivity index (χ1) is 8.45. The lowest BCUT2D eigenvalue weighted by Gasteiger charge is -2.11. The summed E-state index contributed by atoms with van der Waals surface area (Å²) in [4.78, 5) is 21.6. The first-order valence-corrected chi connectivity index (χ1v) is 5.58. The fourth-order valence-corrected chi connectivity index (χ4v) is 1.60. The molecule has 0 saturated carbocycles. The van der Waals surface area contributed by atoms with Crippen molar-refractivity contribution in [2.45, 2.75) is 19.8 Å². The van der Waals surface area contributed by atoms with Gasteiger partial charge in [-0.1, -0.05) is 6.92 Å². The van der Waals surface area contributed by atoms with E-state index in [-0.39, 0.29) is 5.56 Å². The Labute approximate surface area is 105 Å². The van der Waals surface area contributed by atoms with E-state index in [2.05, 4.69) is 0 Å². The van der Waals surface area contributed by atoms with Crippen LogP contribution in [0.5, 0.6) is 5.75 Å². The van der Waals surface area contributed by atoms with Gasteiger partial charge in [0.1, 0.15) is 5.75 Å². The highest BCUT2D eigenvalue weighted by molar-refractivity contribution is 5.88. The van der Waals surface area contributed by atoms with Gasteiger partial charge in [-0.3, -0.25) is 4.79 Å². The van der Waals surface area contributed by atoms with Gasteiger partial charge in [0, 0.05) is 0 Å². The summed E-state index contributed by atoms with van der Waals surface area (Å²) in [6.07, 6.45) is 0.909. The number of carboxylic acids is 2. The molecule has 1 aromatic rings. The molecule has 0 spiro atoms. The molecule has 0 amide bonds. The lowest BCUT2D eigenvalue weighted by Crippen LogP contribution is -2.10. The average Bonchev–Trinajstić information content (AvgIpc) is 2.35. The minimum atomic E-state index is -1.01. The Morgan fingerprint density at radius 3 is 2.50 bits per heavy atom. The van der Waals surface area contributed by atoms with Gasteiger partial charge in [-0.2, -0.15) is 0 Å². The molecule has 0 heterocycles. The van der Waals surface area contributed by atoms with E-state index in [0.717, 1.165) is 0 Å². The molecule has 0 aliphatic rings. The summed E-state index contributed by atoms with van der Waals surface area (Å²) in [5.41, 5.74) is 0.888. The third kappa shape index (κ3) is 3.48. The van der Waals surface area contributed by atoms with Gasteiger partial charge in [-0.25, -0.2) is 4.79 Å². The Kier molecular flexibility index (Phi) is 4.71. The first kappa shape index (κ1) is 14.0. The van der Waals surface area contributed by atoms with E-state index in [0.29, 0.717) is 24.2 Å². The molecule has 0 bridgehead atoms. The van der Waals surface area contributed by atoms with Crippen LogP contribution in [-0.4, -0.2) is 29.3 Å². The zero-order valence-electron chi connectivity index (χ0n) is 10.3. The van der Waals surface area contributed by atoms with Crippen molar-refractivity contribution in [1.29, 1.82) is 0 Å². The molecule has 2 N–H and O–H groups in total. The molecule has 5 heteroatoms. The quantitative estimate of drug-likeness (QED) is 0.809. The van der Waals surface area contributed by atoms with Crippen LogP contribution in [0.1, 0.15) is 29.3 Å². The molecule has 5 nitrogen and oxygen atoms in total. The standard InChI is InChI=1S/C13H16O5/c1-8(12(14)15)3-4-9-7-10(13(16)17)5-6-11(9)18-2/h5-8H,3-4H2,1-2H3,(H,14,15)(H,16,17)/t8-/m0/s1. The number of hydrogen-bond donors (Lipinski definition) is 2. The minimum absolute atomic E-state index is 0.175. The van der Waals surface area contributed by atoms with Crippen LogP contribution in [0.15, 0.2) is 18.2 Å². The maximum absolute atomic E-state index is 10.9. The molecule has 98 valence electrons. The van der Waals surface area contributed by atoms with Crippen LogP contribution in [0.3, 0.4) is 0 Å². The lowest BCUT2D eigenvalue weighted by molar-refractivity contribution is -0.141. The van der Waals surface area contributed by atoms with Crippen molar-refractivity contribution >= 4 is 11.9 Å². The fourth-order valence-electron chi connectivity index (χ4n) is 1.60. The fraction of sp³-hybridized carbons (Fsp3) is 0.385. The number of ether oxygens (including phenoxy) is 1. The van der Waals surface area contributed by atoms with Crippen molar-refractivity contribution in [3.8, 4) is 5.75 Å². The zero-order chi connectivity index (χ0) is 13.7. The van der Waals surface area contributed by atoms with E-state index >= 15 is 0 Å². The largest absolute Gasteiger partial charge is 0.496 e. The van der Waals surface area contributed by atoms with Crippen LogP contribution >= 0.6 is 0 Å². The number of carboxylic acid groups (broad SMARTS) is 2. The zero-order valence-corrected chi connectivity index (χ0v) is 10.3. The van der Waals surface area contributed by atoms with Gasteiger partial charge in [-0.15, -0.1) is 0 Å². The second-order valence-electron chi connectivity index (χ2n) is 4.11. The Balaban J connectivity index is 2.88. The summed E-state index contributed by atoms with van der Waals surface area (Å²) in [5.74, 6) is -1.76. The number of carbonyl (C=O) groups is 2. The topological polar surface area (TPSA) is 83.8 Å². The summed E-state index contributed by atoms with van der Waals surface area (Å²) in [5, 5.41) is 17.7. The monoisotopic (exact) mass is 252 g/mol. The van der Waals surface area contributed by atoms with Gasteiger partial charge in [0.15, 0.2) is 0 Å². The SMILES string of the molecule is COc1ccc(C(=O)O)cc1CC[C@H](C)C(=O)O. The smallest absolute Gasteiger partial charge is 0.335 e. The Bertz CT molecular complexity index is 453. The second kappa shape index (κ2) is 6.05. The maximum Gasteiger partial charge on any atom is 0.335 e. The van der Waals surface area contributed by atoms with Gasteiger partial charge in [0.25, 0.3) is 0 Å². The van der Waals surface area contributed by atoms with E-state index < -0.39 is 17.9 Å². The van der Waals surface area contributed by atoms with E-state index in [1.807, 2.05) is 0 Å². The van der Waals surface area contributed by atoms with Gasteiger partial charge >= 0.3 is 11.9 Å². The van der Waals surface area contributed by atoms with Crippen LogP contribution in [0.25, 0.3) is 0 Å². The van der Waals surface area contributed by atoms with E-state index in [1.165, 1.54) is 19.2 Å². The van der Waals surface area contributed by atoms with Crippen molar-refractivity contribution < 1.29 is 24.5 Å². The van der Waals surface area contributed by atoms with Crippen molar-refractivity contribution in [2.24, 2.45) is 5.92 Å². The van der Waals surface area contributed by atoms with Gasteiger partial charge in [-0.05, 0) is 36.6 Å². The van der Waals surface area contributed by atoms with Gasteiger partial charge < -0.3 is 14.9 Å². The summed E-state index contributed by atoms with van der Waals surface area (Å²) >= 11 is 0. The van der Waals surface area contributed by atoms with Crippen molar-refractivity contribution in [2.75, 3.05) is 7.11 Å². The molecule has 0 fully saturated rings. The number of rotatable bonds is 6. The first-order valence-electron chi connectivity index (χ1n) is 5.58. The molecule has 0 unspecified atom stereocenters. The van der Waals surface area contributed by atoms with Gasteiger partial charge in [0.2, 0.25) is 0 Å². The van der Waals surface area contributed by atoms with Crippen LogP contribution in [0.2, 0.25) is 0 Å². The van der Waals surface area contributed by atoms with Gasteiger partial charge in [0.05, 0.1) is 18.6 Å². The number of hydrogen-bond acceptors (Lipinski definition) is 3. The number of aromatic carboxylic acids is 1. The van der Waals surface area contributed by atoms with Crippen LogP contribution in [0, 0.1) is 5.92 Å². The third-order valence-electron chi connectivity index (χ3n) is 2.80. The molecule has 1 aromatic carbocycles. The number of benzene rings is 1. The normalized spacial score (nSPS) is 11.9. The van der Waals surface area contributed by atoms with E-state index in [9.17, 15) is 9.59 Å². The summed E-state index contributed by atoms with van der Waals surface area (Å²) < 4.78 is 5.13. The molecule has 18 heavy (non-hydrogen) atoms. The molecular formula is C13H16O5. The second-order valence-corrected chi connectivity index (χ2v) is 4.11. The molecule has 1 rings (SSSR count). The summed E-state index contributed by atoms with van der Waals surface area (Å²) in [6.45, 7) is 1.62. The molecule has 0 aliphatic carbocycles. The third-order valence-corrected chi connectivity index (χ3v) is 2.80. The maximum atomic E-state index is 10.9. The predicted octanol–water partition coefficient (Wildman–Crippen LogP) is 2.05. The molecule has 0 saturated heterocycles. The Hall–Kier alpha value is -2.04. The lowest BCUT2D eigenvalue weighted by atomic mass is 9.99. The highest BCUT2D eigenvalue weighted by atomic mass is 16.5. The number of aryl methyl sites for hydroxylation is 1. The van der Waals surface area contributed by atoms with E-state index in [1.54, 1.807) is 13.0 Å². The number of aliphatic carboxylic acids is 1. The summed E-state index contributed by atoms with van der Waals surface area (Å²) in [6, 6.07) is 4.57. The van der Waals surface area contributed by atoms with Crippen LogP contribution < -0.4 is 4.74 Å². The molecule has 0 radical (unpaired) electrons.